The molecule has 0 aromatic rings. The number of hydrogen-bond donors (Lipinski definition) is 0. The molecular formula is C28H38ClF3N4O2. The maximum atomic E-state index is 13.6. The van der Waals surface area contributed by atoms with Crippen molar-refractivity contribution in [1.29, 1.82) is 0 Å². The lowest BCUT2D eigenvalue weighted by Crippen LogP contribution is -2.41. The summed E-state index contributed by atoms with van der Waals surface area (Å²) in [6.45, 7) is 6.24. The van der Waals surface area contributed by atoms with Crippen molar-refractivity contribution in [2.45, 2.75) is 64.7 Å². The molecule has 0 aromatic carbocycles. The normalized spacial score (nSPS) is 19.9. The van der Waals surface area contributed by atoms with Gasteiger partial charge in [0, 0.05) is 51.0 Å². The van der Waals surface area contributed by atoms with E-state index in [1.54, 1.807) is 25.3 Å². The van der Waals surface area contributed by atoms with Crippen molar-refractivity contribution in [2.75, 3.05) is 40.3 Å². The second-order valence-electron chi connectivity index (χ2n) is 10.0. The SMILES string of the molecule is CC=C(C(=C(Cl)CC)N(C)C(=O)N(C)CC1=CN=C(OC2CCN(CCC3CC3)CC2)C=C=C1)C(F)(F)F. The van der Waals surface area contributed by atoms with Crippen LogP contribution in [0.2, 0.25) is 0 Å². The lowest BCUT2D eigenvalue weighted by atomic mass is 10.1. The zero-order valence-electron chi connectivity index (χ0n) is 22.7. The zero-order chi connectivity index (χ0) is 27.9. The molecule has 2 heterocycles. The highest BCUT2D eigenvalue weighted by molar-refractivity contribution is 6.30. The first-order chi connectivity index (χ1) is 18.0. The van der Waals surface area contributed by atoms with Crippen LogP contribution in [0.25, 0.3) is 0 Å². The van der Waals surface area contributed by atoms with Gasteiger partial charge in [0.1, 0.15) is 6.10 Å². The number of alkyl halides is 3. The van der Waals surface area contributed by atoms with Crippen molar-refractivity contribution in [3.63, 3.8) is 0 Å². The smallest absolute Gasteiger partial charge is 0.418 e. The van der Waals surface area contributed by atoms with Crippen LogP contribution in [0.3, 0.4) is 0 Å². The van der Waals surface area contributed by atoms with E-state index in [-0.39, 0.29) is 29.8 Å². The summed E-state index contributed by atoms with van der Waals surface area (Å²) in [5.74, 6) is 1.40. The van der Waals surface area contributed by atoms with Gasteiger partial charge < -0.3 is 14.5 Å². The minimum atomic E-state index is -4.65. The quantitative estimate of drug-likeness (QED) is 0.237. The molecule has 0 radical (unpaired) electrons. The number of carbonyl (C=O) groups is 1. The highest BCUT2D eigenvalue weighted by atomic mass is 35.5. The fourth-order valence-electron chi connectivity index (χ4n) is 4.59. The number of urea groups is 1. The predicted molar refractivity (Wildman–Crippen MR) is 145 cm³/mol. The number of allylic oxidation sites excluding steroid dienone is 3. The van der Waals surface area contributed by atoms with Gasteiger partial charge in [0.25, 0.3) is 0 Å². The van der Waals surface area contributed by atoms with Crippen molar-refractivity contribution in [2.24, 2.45) is 10.9 Å². The molecule has 0 atom stereocenters. The Labute approximate surface area is 228 Å². The molecule has 2 aliphatic heterocycles. The fourth-order valence-corrected chi connectivity index (χ4v) is 4.82. The van der Waals surface area contributed by atoms with Crippen molar-refractivity contribution in [1.82, 2.24) is 14.7 Å². The first kappa shape index (κ1) is 30.1. The number of halogens is 4. The van der Waals surface area contributed by atoms with Crippen LogP contribution in [0.15, 0.2) is 57.0 Å². The maximum Gasteiger partial charge on any atom is 0.418 e. The number of rotatable bonds is 9. The molecule has 0 bridgehead atoms. The molecule has 3 aliphatic rings. The number of carbonyl (C=O) groups excluding carboxylic acids is 1. The molecule has 10 heteroatoms. The van der Waals surface area contributed by atoms with E-state index in [4.69, 9.17) is 16.3 Å². The van der Waals surface area contributed by atoms with Crippen LogP contribution in [0, 0.1) is 5.92 Å². The number of aliphatic imine (C=N–C) groups is 1. The Morgan fingerprint density at radius 2 is 1.92 bits per heavy atom. The predicted octanol–water partition coefficient (Wildman–Crippen LogP) is 6.63. The van der Waals surface area contributed by atoms with Gasteiger partial charge in [-0.15, -0.1) is 5.73 Å². The van der Waals surface area contributed by atoms with Crippen LogP contribution >= 0.6 is 11.6 Å². The van der Waals surface area contributed by atoms with Gasteiger partial charge in [-0.1, -0.05) is 37.4 Å². The molecule has 0 N–H and O–H groups in total. The van der Waals surface area contributed by atoms with E-state index < -0.39 is 17.8 Å². The molecule has 0 aromatic heterocycles. The van der Waals surface area contributed by atoms with Crippen LogP contribution in [0.4, 0.5) is 18.0 Å². The van der Waals surface area contributed by atoms with E-state index in [1.807, 2.05) is 0 Å². The minimum Gasteiger partial charge on any atom is -0.474 e. The second kappa shape index (κ2) is 13.5. The number of piperidine rings is 1. The highest BCUT2D eigenvalue weighted by Crippen LogP contribution is 2.36. The van der Waals surface area contributed by atoms with E-state index in [0.29, 0.717) is 11.5 Å². The Balaban J connectivity index is 1.58. The third-order valence-electron chi connectivity index (χ3n) is 6.99. The van der Waals surface area contributed by atoms with E-state index in [0.717, 1.165) is 42.8 Å². The van der Waals surface area contributed by atoms with Crippen molar-refractivity contribution in [3.8, 4) is 0 Å². The summed E-state index contributed by atoms with van der Waals surface area (Å²) < 4.78 is 47.0. The van der Waals surface area contributed by atoms with Gasteiger partial charge >= 0.3 is 12.2 Å². The van der Waals surface area contributed by atoms with Gasteiger partial charge in [0.05, 0.1) is 11.3 Å². The fraction of sp³-hybridized carbons (Fsp3) is 0.607. The molecule has 2 amide bonds. The molecule has 210 valence electrons. The van der Waals surface area contributed by atoms with Crippen LogP contribution in [-0.4, -0.2) is 79.2 Å². The van der Waals surface area contributed by atoms with Crippen LogP contribution < -0.4 is 0 Å². The van der Waals surface area contributed by atoms with Gasteiger partial charge in [0.2, 0.25) is 5.90 Å². The molecule has 2 fully saturated rings. The average Bonchev–Trinajstić information content (AvgIpc) is 3.73. The number of hydrogen-bond acceptors (Lipinski definition) is 4. The summed E-state index contributed by atoms with van der Waals surface area (Å²) in [4.78, 5) is 22.3. The number of likely N-dealkylation sites (tertiary alicyclic amines) is 1. The summed E-state index contributed by atoms with van der Waals surface area (Å²) in [5.41, 5.74) is 2.39. The molecule has 1 saturated carbocycles. The van der Waals surface area contributed by atoms with E-state index in [2.05, 4.69) is 15.6 Å². The third kappa shape index (κ3) is 8.52. The van der Waals surface area contributed by atoms with Gasteiger partial charge in [0.15, 0.2) is 0 Å². The lowest BCUT2D eigenvalue weighted by molar-refractivity contribution is -0.0910. The highest BCUT2D eigenvalue weighted by Gasteiger charge is 2.39. The Morgan fingerprint density at radius 1 is 1.24 bits per heavy atom. The van der Waals surface area contributed by atoms with Crippen molar-refractivity contribution in [3.05, 3.63) is 52.0 Å². The summed E-state index contributed by atoms with van der Waals surface area (Å²) in [6.07, 6.45) is 7.44. The molecule has 1 aliphatic carbocycles. The standard InChI is InChI=1S/C28H38ClF3N4O2/c1-5-23(28(30,31)32)26(24(29)6-2)35(4)27(37)34(3)19-21-8-7-9-25(33-18-21)38-22-13-16-36(17-14-22)15-12-20-10-11-20/h5,8-9,18,20,22H,6,10-17,19H2,1-4H3. The first-order valence-corrected chi connectivity index (χ1v) is 13.6. The average molecular weight is 555 g/mol. The van der Waals surface area contributed by atoms with E-state index >= 15 is 0 Å². The molecule has 38 heavy (non-hydrogen) atoms. The molecule has 0 unspecified atom stereocenters. The van der Waals surface area contributed by atoms with Gasteiger partial charge in [-0.2, -0.15) is 13.2 Å². The number of ether oxygens (including phenoxy) is 1. The van der Waals surface area contributed by atoms with E-state index in [9.17, 15) is 18.0 Å². The van der Waals surface area contributed by atoms with E-state index in [1.165, 1.54) is 51.7 Å². The summed E-state index contributed by atoms with van der Waals surface area (Å²) in [5, 5.41) is -0.0451. The number of likely N-dealkylation sites (N-methyl/N-ethyl adjacent to an activating group) is 2. The molecule has 1 saturated heterocycles. The molecule has 3 rings (SSSR count). The summed E-state index contributed by atoms with van der Waals surface area (Å²) >= 11 is 6.16. The topological polar surface area (TPSA) is 48.4 Å². The Bertz CT molecular complexity index is 1040. The van der Waals surface area contributed by atoms with Gasteiger partial charge in [-0.25, -0.2) is 9.79 Å². The minimum absolute atomic E-state index is 0.0451. The van der Waals surface area contributed by atoms with Crippen molar-refractivity contribution >= 4 is 23.5 Å². The lowest BCUT2D eigenvalue weighted by Gasteiger charge is -2.31. The van der Waals surface area contributed by atoms with Gasteiger partial charge in [-0.3, -0.25) is 4.90 Å². The molecule has 0 spiro atoms. The van der Waals surface area contributed by atoms with Crippen molar-refractivity contribution < 1.29 is 22.7 Å². The monoisotopic (exact) mass is 554 g/mol. The first-order valence-electron chi connectivity index (χ1n) is 13.2. The Hall–Kier alpha value is -2.48. The maximum absolute atomic E-state index is 13.6. The number of nitrogens with zero attached hydrogens (tertiary/aromatic N) is 4. The molecule has 6 nitrogen and oxygen atoms in total. The van der Waals surface area contributed by atoms with Crippen LogP contribution in [-0.2, 0) is 4.74 Å². The van der Waals surface area contributed by atoms with Crippen LogP contribution in [0.5, 0.6) is 0 Å². The largest absolute Gasteiger partial charge is 0.474 e. The Kier molecular flexibility index (Phi) is 10.7. The summed E-state index contributed by atoms with van der Waals surface area (Å²) in [6, 6.07) is -0.633. The second-order valence-corrected chi connectivity index (χ2v) is 10.5. The zero-order valence-corrected chi connectivity index (χ0v) is 23.4. The molecular weight excluding hydrogens is 517 g/mol. The third-order valence-corrected chi connectivity index (χ3v) is 7.44. The summed E-state index contributed by atoms with van der Waals surface area (Å²) in [7, 11) is 2.81. The van der Waals surface area contributed by atoms with Gasteiger partial charge in [-0.05, 0) is 56.7 Å². The van der Waals surface area contributed by atoms with Crippen LogP contribution in [0.1, 0.15) is 52.4 Å². The number of amides is 2. The Morgan fingerprint density at radius 3 is 2.50 bits per heavy atom.